The number of ether oxygens (including phenoxy) is 3. The maximum Gasteiger partial charge on any atom is 0.306 e. The largest absolute Gasteiger partial charge is 0.462 e. The van der Waals surface area contributed by atoms with Crippen molar-refractivity contribution in [2.24, 2.45) is 11.8 Å². The van der Waals surface area contributed by atoms with Gasteiger partial charge in [-0.1, -0.05) is 266 Å². The van der Waals surface area contributed by atoms with E-state index in [1.165, 1.54) is 193 Å². The highest BCUT2D eigenvalue weighted by Gasteiger charge is 2.19. The molecule has 6 nitrogen and oxygen atoms in total. The molecule has 0 amide bonds. The summed E-state index contributed by atoms with van der Waals surface area (Å²) in [6.45, 7) is 11.4. The fourth-order valence-electron chi connectivity index (χ4n) is 8.34. The Labute approximate surface area is 380 Å². The zero-order chi connectivity index (χ0) is 44.7. The van der Waals surface area contributed by atoms with E-state index in [0.29, 0.717) is 19.3 Å². The van der Waals surface area contributed by atoms with Crippen LogP contribution in [-0.2, 0) is 28.6 Å². The Balaban J connectivity index is 4.24. The number of esters is 3. The third-order valence-electron chi connectivity index (χ3n) is 12.5. The van der Waals surface area contributed by atoms with Gasteiger partial charge in [0.1, 0.15) is 13.2 Å². The lowest BCUT2D eigenvalue weighted by atomic mass is 10.0. The average Bonchev–Trinajstić information content (AvgIpc) is 3.23. The molecule has 0 unspecified atom stereocenters. The van der Waals surface area contributed by atoms with Gasteiger partial charge in [0.05, 0.1) is 0 Å². The van der Waals surface area contributed by atoms with Crippen molar-refractivity contribution >= 4 is 17.9 Å². The van der Waals surface area contributed by atoms with Gasteiger partial charge < -0.3 is 14.2 Å². The van der Waals surface area contributed by atoms with Crippen LogP contribution in [0.25, 0.3) is 0 Å². The molecule has 0 saturated carbocycles. The van der Waals surface area contributed by atoms with Crippen LogP contribution in [0.5, 0.6) is 0 Å². The van der Waals surface area contributed by atoms with Gasteiger partial charge >= 0.3 is 17.9 Å². The molecule has 0 N–H and O–H groups in total. The number of hydrogen-bond donors (Lipinski definition) is 0. The van der Waals surface area contributed by atoms with E-state index in [9.17, 15) is 14.4 Å². The lowest BCUT2D eigenvalue weighted by Gasteiger charge is -2.18. The predicted octanol–water partition coefficient (Wildman–Crippen LogP) is 17.7. The number of rotatable bonds is 49. The van der Waals surface area contributed by atoms with E-state index in [4.69, 9.17) is 14.2 Å². The van der Waals surface area contributed by atoms with E-state index in [0.717, 1.165) is 69.6 Å². The van der Waals surface area contributed by atoms with E-state index >= 15 is 0 Å². The number of carbonyl (C=O) groups excluding carboxylic acids is 3. The van der Waals surface area contributed by atoms with E-state index in [2.05, 4.69) is 34.6 Å². The van der Waals surface area contributed by atoms with Crippen LogP contribution in [0, 0.1) is 11.8 Å². The van der Waals surface area contributed by atoms with Crippen molar-refractivity contribution in [2.45, 2.75) is 310 Å². The minimum Gasteiger partial charge on any atom is -0.462 e. The van der Waals surface area contributed by atoms with E-state index in [1.807, 2.05) is 0 Å². The topological polar surface area (TPSA) is 78.9 Å². The quantitative estimate of drug-likeness (QED) is 0.0344. The minimum atomic E-state index is -0.762. The Kier molecular flexibility index (Phi) is 46.6. The molecule has 61 heavy (non-hydrogen) atoms. The number of carbonyl (C=O) groups is 3. The summed E-state index contributed by atoms with van der Waals surface area (Å²) in [6.07, 6.45) is 49.5. The van der Waals surface area contributed by atoms with Crippen LogP contribution in [0.3, 0.4) is 0 Å². The maximum absolute atomic E-state index is 12.8. The summed E-state index contributed by atoms with van der Waals surface area (Å²) in [6, 6.07) is 0. The van der Waals surface area contributed by atoms with Crippen LogP contribution in [0.4, 0.5) is 0 Å². The maximum atomic E-state index is 12.8. The second kappa shape index (κ2) is 47.9. The van der Waals surface area contributed by atoms with E-state index in [1.54, 1.807) is 0 Å². The molecule has 0 fully saturated rings. The molecule has 0 heterocycles. The smallest absolute Gasteiger partial charge is 0.306 e. The Morgan fingerprint density at radius 3 is 0.803 bits per heavy atom. The van der Waals surface area contributed by atoms with Crippen LogP contribution in [-0.4, -0.2) is 37.2 Å². The van der Waals surface area contributed by atoms with Crippen LogP contribution >= 0.6 is 0 Å². The van der Waals surface area contributed by atoms with E-state index in [-0.39, 0.29) is 31.1 Å². The molecule has 0 aliphatic carbocycles. The first-order valence-electron chi connectivity index (χ1n) is 27.2. The Hall–Kier alpha value is -1.59. The molecule has 0 saturated heterocycles. The highest BCUT2D eigenvalue weighted by Crippen LogP contribution is 2.18. The van der Waals surface area contributed by atoms with E-state index < -0.39 is 6.10 Å². The lowest BCUT2D eigenvalue weighted by Crippen LogP contribution is -2.30. The van der Waals surface area contributed by atoms with Crippen LogP contribution < -0.4 is 0 Å². The van der Waals surface area contributed by atoms with Crippen molar-refractivity contribution in [3.63, 3.8) is 0 Å². The van der Waals surface area contributed by atoms with Crippen molar-refractivity contribution in [3.05, 3.63) is 0 Å². The summed E-state index contributed by atoms with van der Waals surface area (Å²) >= 11 is 0. The van der Waals surface area contributed by atoms with Crippen LogP contribution in [0.2, 0.25) is 0 Å². The highest BCUT2D eigenvalue weighted by molar-refractivity contribution is 5.71. The van der Waals surface area contributed by atoms with Crippen LogP contribution in [0.15, 0.2) is 0 Å². The molecular formula is C55H106O6. The summed E-state index contributed by atoms with van der Waals surface area (Å²) < 4.78 is 16.8. The summed E-state index contributed by atoms with van der Waals surface area (Å²) in [5.74, 6) is 0.800. The SMILES string of the molecule is CCCCCCCCCCCCCCCC(=O)OC[C@H](COC(=O)CCCCCCCCCCCCCCCCCCC(C)C)OC(=O)CCCCCCCCCCC(C)C. The van der Waals surface area contributed by atoms with Gasteiger partial charge in [-0.3, -0.25) is 14.4 Å². The molecule has 0 aliphatic heterocycles. The summed E-state index contributed by atoms with van der Waals surface area (Å²) in [5.41, 5.74) is 0. The molecule has 1 atom stereocenters. The Morgan fingerprint density at radius 1 is 0.311 bits per heavy atom. The van der Waals surface area contributed by atoms with Gasteiger partial charge in [0.2, 0.25) is 0 Å². The van der Waals surface area contributed by atoms with Crippen molar-refractivity contribution < 1.29 is 28.6 Å². The van der Waals surface area contributed by atoms with Crippen molar-refractivity contribution in [3.8, 4) is 0 Å². The molecular weight excluding hydrogens is 757 g/mol. The van der Waals surface area contributed by atoms with Gasteiger partial charge in [0, 0.05) is 19.3 Å². The third-order valence-corrected chi connectivity index (χ3v) is 12.5. The normalized spacial score (nSPS) is 12.0. The van der Waals surface area contributed by atoms with Crippen LogP contribution in [0.1, 0.15) is 304 Å². The molecule has 6 heteroatoms. The first-order valence-corrected chi connectivity index (χ1v) is 27.2. The minimum absolute atomic E-state index is 0.0636. The molecule has 0 aromatic rings. The molecule has 0 aromatic heterocycles. The Bertz CT molecular complexity index is 931. The molecule has 0 radical (unpaired) electrons. The Morgan fingerprint density at radius 2 is 0.541 bits per heavy atom. The third kappa shape index (κ3) is 49.3. The molecule has 0 aromatic carbocycles. The molecule has 0 spiro atoms. The lowest BCUT2D eigenvalue weighted by molar-refractivity contribution is -0.167. The van der Waals surface area contributed by atoms with Crippen molar-refractivity contribution in [1.29, 1.82) is 0 Å². The highest BCUT2D eigenvalue weighted by atomic mass is 16.6. The zero-order valence-electron chi connectivity index (χ0n) is 41.8. The van der Waals surface area contributed by atoms with Crippen molar-refractivity contribution in [2.75, 3.05) is 13.2 Å². The van der Waals surface area contributed by atoms with Gasteiger partial charge in [-0.2, -0.15) is 0 Å². The van der Waals surface area contributed by atoms with Gasteiger partial charge in [-0.15, -0.1) is 0 Å². The van der Waals surface area contributed by atoms with Gasteiger partial charge in [-0.05, 0) is 31.1 Å². The zero-order valence-corrected chi connectivity index (χ0v) is 41.8. The monoisotopic (exact) mass is 863 g/mol. The average molecular weight is 863 g/mol. The summed E-state index contributed by atoms with van der Waals surface area (Å²) in [4.78, 5) is 38.0. The standard InChI is InChI=1S/C55H106O6/c1-6-7-8-9-10-11-12-17-21-24-30-35-40-45-53(56)59-48-52(61-55(58)47-42-37-32-27-26-29-34-39-44-51(4)5)49-60-54(57)46-41-36-31-25-22-19-16-14-13-15-18-20-23-28-33-38-43-50(2)3/h50-52H,6-49H2,1-5H3/t52-/m1/s1. The number of unbranched alkanes of at least 4 members (excludes halogenated alkanes) is 34. The molecule has 0 rings (SSSR count). The fourth-order valence-corrected chi connectivity index (χ4v) is 8.34. The molecule has 0 aliphatic rings. The molecule has 362 valence electrons. The van der Waals surface area contributed by atoms with Gasteiger partial charge in [0.25, 0.3) is 0 Å². The fraction of sp³-hybridized carbons (Fsp3) is 0.945. The van der Waals surface area contributed by atoms with Crippen molar-refractivity contribution in [1.82, 2.24) is 0 Å². The first-order chi connectivity index (χ1) is 29.7. The van der Waals surface area contributed by atoms with Gasteiger partial charge in [0.15, 0.2) is 6.10 Å². The number of hydrogen-bond acceptors (Lipinski definition) is 6. The first kappa shape index (κ1) is 59.4. The summed E-state index contributed by atoms with van der Waals surface area (Å²) in [7, 11) is 0. The van der Waals surface area contributed by atoms with Gasteiger partial charge in [-0.25, -0.2) is 0 Å². The predicted molar refractivity (Wildman–Crippen MR) is 261 cm³/mol. The second-order valence-corrected chi connectivity index (χ2v) is 19.8. The summed E-state index contributed by atoms with van der Waals surface area (Å²) in [5, 5.41) is 0. The second-order valence-electron chi connectivity index (χ2n) is 19.8. The molecule has 0 bridgehead atoms.